The van der Waals surface area contributed by atoms with E-state index in [1.165, 1.54) is 32.1 Å². The maximum absolute atomic E-state index is 10.1. The molecule has 1 aliphatic heterocycles. The minimum Gasteiger partial charge on any atom is -0.480 e. The average molecular weight is 245 g/mol. The van der Waals surface area contributed by atoms with Gasteiger partial charge in [0, 0.05) is 6.61 Å². The first-order chi connectivity index (χ1) is 8.22. The lowest BCUT2D eigenvalue weighted by Crippen LogP contribution is -2.29. The molecule has 0 saturated carbocycles. The number of carboxylic acids is 1. The summed E-state index contributed by atoms with van der Waals surface area (Å²) in [6, 6.07) is -0.269. The Morgan fingerprint density at radius 1 is 1.24 bits per heavy atom. The second-order valence-corrected chi connectivity index (χ2v) is 4.48. The molecule has 1 heterocycles. The molecule has 1 aliphatic rings. The van der Waals surface area contributed by atoms with Crippen molar-refractivity contribution >= 4 is 5.97 Å². The number of aliphatic hydroxyl groups is 1. The van der Waals surface area contributed by atoms with E-state index in [0.29, 0.717) is 6.61 Å². The third-order valence-corrected chi connectivity index (χ3v) is 2.87. The van der Waals surface area contributed by atoms with Crippen molar-refractivity contribution in [3.8, 4) is 0 Å². The summed E-state index contributed by atoms with van der Waals surface area (Å²) in [5.41, 5.74) is 0. The second-order valence-electron chi connectivity index (χ2n) is 4.48. The van der Waals surface area contributed by atoms with Gasteiger partial charge in [0.1, 0.15) is 6.04 Å². The SMILES string of the molecule is CCCCCCCCO.O=C(O)[C@@H]1CCCN1. The van der Waals surface area contributed by atoms with Gasteiger partial charge in [-0.25, -0.2) is 0 Å². The largest absolute Gasteiger partial charge is 0.480 e. The van der Waals surface area contributed by atoms with Crippen LogP contribution in [0.15, 0.2) is 0 Å². The Morgan fingerprint density at radius 3 is 2.29 bits per heavy atom. The van der Waals surface area contributed by atoms with Gasteiger partial charge in [-0.15, -0.1) is 0 Å². The molecule has 1 atom stereocenters. The number of nitrogens with one attached hydrogen (secondary N) is 1. The van der Waals surface area contributed by atoms with Gasteiger partial charge in [-0.2, -0.15) is 0 Å². The molecule has 0 aromatic rings. The van der Waals surface area contributed by atoms with E-state index in [1.807, 2.05) is 0 Å². The first kappa shape index (κ1) is 16.4. The van der Waals surface area contributed by atoms with Crippen LogP contribution in [-0.4, -0.2) is 35.4 Å². The van der Waals surface area contributed by atoms with Crippen LogP contribution in [0.4, 0.5) is 0 Å². The molecule has 0 aromatic carbocycles. The van der Waals surface area contributed by atoms with E-state index in [1.54, 1.807) is 0 Å². The van der Waals surface area contributed by atoms with Gasteiger partial charge in [0.15, 0.2) is 0 Å². The summed E-state index contributed by atoms with van der Waals surface area (Å²) in [6.45, 7) is 3.44. The van der Waals surface area contributed by atoms with Crippen LogP contribution in [0.3, 0.4) is 0 Å². The maximum atomic E-state index is 10.1. The molecule has 0 unspecified atom stereocenters. The van der Waals surface area contributed by atoms with E-state index in [9.17, 15) is 4.79 Å². The van der Waals surface area contributed by atoms with Crippen LogP contribution >= 0.6 is 0 Å². The lowest BCUT2D eigenvalue weighted by molar-refractivity contribution is -0.139. The molecule has 0 radical (unpaired) electrons. The Balaban J connectivity index is 0.000000302. The zero-order valence-electron chi connectivity index (χ0n) is 11.0. The smallest absolute Gasteiger partial charge is 0.320 e. The number of hydrogen-bond donors (Lipinski definition) is 3. The fraction of sp³-hybridized carbons (Fsp3) is 0.923. The predicted octanol–water partition coefficient (Wildman–Crippen LogP) is 2.16. The molecule has 1 saturated heterocycles. The highest BCUT2D eigenvalue weighted by molar-refractivity contribution is 5.73. The molecule has 102 valence electrons. The molecule has 3 N–H and O–H groups in total. The summed E-state index contributed by atoms with van der Waals surface area (Å²) >= 11 is 0. The third kappa shape index (κ3) is 10.3. The van der Waals surface area contributed by atoms with Crippen molar-refractivity contribution in [1.82, 2.24) is 5.32 Å². The van der Waals surface area contributed by atoms with Gasteiger partial charge in [0.05, 0.1) is 0 Å². The number of aliphatic carboxylic acids is 1. The van der Waals surface area contributed by atoms with Crippen LogP contribution in [0.2, 0.25) is 0 Å². The summed E-state index contributed by atoms with van der Waals surface area (Å²) < 4.78 is 0. The lowest BCUT2D eigenvalue weighted by Gasteiger charge is -1.99. The summed E-state index contributed by atoms with van der Waals surface area (Å²) in [7, 11) is 0. The number of hydrogen-bond acceptors (Lipinski definition) is 3. The summed E-state index contributed by atoms with van der Waals surface area (Å²) in [5.74, 6) is -0.720. The van der Waals surface area contributed by atoms with Crippen LogP contribution in [0.1, 0.15) is 58.3 Å². The van der Waals surface area contributed by atoms with Gasteiger partial charge in [-0.05, 0) is 25.8 Å². The number of carboxylic acid groups (broad SMARTS) is 1. The van der Waals surface area contributed by atoms with Crippen molar-refractivity contribution in [2.75, 3.05) is 13.2 Å². The van der Waals surface area contributed by atoms with Crippen molar-refractivity contribution in [2.45, 2.75) is 64.3 Å². The first-order valence-corrected chi connectivity index (χ1v) is 6.79. The van der Waals surface area contributed by atoms with E-state index in [-0.39, 0.29) is 6.04 Å². The fourth-order valence-corrected chi connectivity index (χ4v) is 1.79. The average Bonchev–Trinajstić information content (AvgIpc) is 2.83. The maximum Gasteiger partial charge on any atom is 0.320 e. The van der Waals surface area contributed by atoms with Gasteiger partial charge in [-0.1, -0.05) is 39.0 Å². The van der Waals surface area contributed by atoms with E-state index >= 15 is 0 Å². The van der Waals surface area contributed by atoms with E-state index in [0.717, 1.165) is 25.8 Å². The van der Waals surface area contributed by atoms with Gasteiger partial charge in [-0.3, -0.25) is 4.79 Å². The minimum atomic E-state index is -0.720. The standard InChI is InChI=1S/C8H18O.C5H9NO2/c1-2-3-4-5-6-7-8-9;7-5(8)4-2-1-3-6-4/h9H,2-8H2,1H3;4,6H,1-3H2,(H,7,8)/t;4-/m.0/s1. The quantitative estimate of drug-likeness (QED) is 0.601. The molecule has 0 aromatic heterocycles. The van der Waals surface area contributed by atoms with Crippen LogP contribution < -0.4 is 5.32 Å². The van der Waals surface area contributed by atoms with Crippen molar-refractivity contribution in [2.24, 2.45) is 0 Å². The number of unbranched alkanes of at least 4 members (excludes halogenated alkanes) is 5. The zero-order chi connectivity index (χ0) is 12.9. The van der Waals surface area contributed by atoms with Gasteiger partial charge in [0.25, 0.3) is 0 Å². The molecule has 0 amide bonds. The molecule has 4 heteroatoms. The highest BCUT2D eigenvalue weighted by Crippen LogP contribution is 2.04. The van der Waals surface area contributed by atoms with E-state index in [2.05, 4.69) is 12.2 Å². The highest BCUT2D eigenvalue weighted by atomic mass is 16.4. The van der Waals surface area contributed by atoms with Gasteiger partial charge in [0.2, 0.25) is 0 Å². The van der Waals surface area contributed by atoms with Crippen molar-refractivity contribution < 1.29 is 15.0 Å². The van der Waals surface area contributed by atoms with Gasteiger partial charge >= 0.3 is 5.97 Å². The van der Waals surface area contributed by atoms with Crippen molar-refractivity contribution in [3.63, 3.8) is 0 Å². The molecule has 1 fully saturated rings. The summed E-state index contributed by atoms with van der Waals surface area (Å²) in [5, 5.41) is 19.6. The monoisotopic (exact) mass is 245 g/mol. The topological polar surface area (TPSA) is 69.6 Å². The lowest BCUT2D eigenvalue weighted by atomic mass is 10.1. The Kier molecular flexibility index (Phi) is 11.4. The van der Waals surface area contributed by atoms with Crippen LogP contribution in [0.5, 0.6) is 0 Å². The first-order valence-electron chi connectivity index (χ1n) is 6.79. The Hall–Kier alpha value is -0.610. The molecular formula is C13H27NO3. The molecule has 17 heavy (non-hydrogen) atoms. The zero-order valence-corrected chi connectivity index (χ0v) is 11.0. The normalized spacial score (nSPS) is 18.6. The summed E-state index contributed by atoms with van der Waals surface area (Å²) in [4.78, 5) is 10.1. The number of rotatable bonds is 7. The number of aliphatic hydroxyl groups excluding tert-OH is 1. The molecular weight excluding hydrogens is 218 g/mol. The molecule has 1 rings (SSSR count). The molecule has 4 nitrogen and oxygen atoms in total. The third-order valence-electron chi connectivity index (χ3n) is 2.87. The van der Waals surface area contributed by atoms with E-state index in [4.69, 9.17) is 10.2 Å². The predicted molar refractivity (Wildman–Crippen MR) is 69.1 cm³/mol. The summed E-state index contributed by atoms with van der Waals surface area (Å²) in [6.07, 6.45) is 9.28. The molecule has 0 aliphatic carbocycles. The molecule has 0 spiro atoms. The van der Waals surface area contributed by atoms with Crippen LogP contribution in [0, 0.1) is 0 Å². The minimum absolute atomic E-state index is 0.269. The Labute approximate surface area is 104 Å². The Bertz CT molecular complexity index is 174. The van der Waals surface area contributed by atoms with Gasteiger partial charge < -0.3 is 15.5 Å². The number of carbonyl (C=O) groups is 1. The Morgan fingerprint density at radius 2 is 1.88 bits per heavy atom. The fourth-order valence-electron chi connectivity index (χ4n) is 1.79. The van der Waals surface area contributed by atoms with Crippen LogP contribution in [0.25, 0.3) is 0 Å². The molecule has 0 bridgehead atoms. The van der Waals surface area contributed by atoms with E-state index < -0.39 is 5.97 Å². The van der Waals surface area contributed by atoms with Crippen LogP contribution in [-0.2, 0) is 4.79 Å². The second kappa shape index (κ2) is 11.9. The van der Waals surface area contributed by atoms with Crippen molar-refractivity contribution in [1.29, 1.82) is 0 Å². The van der Waals surface area contributed by atoms with Crippen molar-refractivity contribution in [3.05, 3.63) is 0 Å². The highest BCUT2D eigenvalue weighted by Gasteiger charge is 2.20.